The number of amides is 2. The third-order valence-electron chi connectivity index (χ3n) is 3.11. The summed E-state index contributed by atoms with van der Waals surface area (Å²) in [7, 11) is 0. The highest BCUT2D eigenvalue weighted by atomic mass is 79.9. The molecule has 1 N–H and O–H groups in total. The van der Waals surface area contributed by atoms with Gasteiger partial charge in [0.2, 0.25) is 11.8 Å². The Morgan fingerprint density at radius 1 is 1.47 bits per heavy atom. The normalized spacial score (nSPS) is 20.2. The van der Waals surface area contributed by atoms with Gasteiger partial charge in [0.05, 0.1) is 11.0 Å². The predicted molar refractivity (Wildman–Crippen MR) is 71.7 cm³/mol. The standard InChI is InChI=1S/C13H14BrFN2O2/c1-8-4-12(18)16-6-13(19)17(8)7-9-2-3-11(15)10(14)5-9/h2-3,5,8H,4,6-7H2,1H3,(H,16,18). The van der Waals surface area contributed by atoms with Crippen molar-refractivity contribution in [2.45, 2.75) is 25.9 Å². The summed E-state index contributed by atoms with van der Waals surface area (Å²) in [5, 5.41) is 2.56. The van der Waals surface area contributed by atoms with E-state index in [9.17, 15) is 14.0 Å². The number of benzene rings is 1. The first-order chi connectivity index (χ1) is 8.97. The van der Waals surface area contributed by atoms with Crippen LogP contribution in [0.4, 0.5) is 4.39 Å². The Bertz CT molecular complexity index is 521. The first-order valence-electron chi connectivity index (χ1n) is 5.97. The molecule has 1 aromatic rings. The molecule has 1 unspecified atom stereocenters. The van der Waals surface area contributed by atoms with Gasteiger partial charge in [-0.2, -0.15) is 0 Å². The van der Waals surface area contributed by atoms with Crippen LogP contribution >= 0.6 is 15.9 Å². The van der Waals surface area contributed by atoms with Gasteiger partial charge in [0.25, 0.3) is 0 Å². The lowest BCUT2D eigenvalue weighted by molar-refractivity contribution is -0.132. The van der Waals surface area contributed by atoms with Gasteiger partial charge in [0.1, 0.15) is 5.82 Å². The number of carbonyl (C=O) groups excluding carboxylic acids is 2. The second-order valence-electron chi connectivity index (χ2n) is 4.60. The van der Waals surface area contributed by atoms with Gasteiger partial charge >= 0.3 is 0 Å². The van der Waals surface area contributed by atoms with Crippen LogP contribution in [0.2, 0.25) is 0 Å². The molecule has 1 atom stereocenters. The number of nitrogens with zero attached hydrogens (tertiary/aromatic N) is 1. The highest BCUT2D eigenvalue weighted by Crippen LogP contribution is 2.19. The Balaban J connectivity index is 2.17. The zero-order valence-corrected chi connectivity index (χ0v) is 12.0. The molecule has 0 radical (unpaired) electrons. The Hall–Kier alpha value is -1.43. The van der Waals surface area contributed by atoms with E-state index >= 15 is 0 Å². The summed E-state index contributed by atoms with van der Waals surface area (Å²) in [5.41, 5.74) is 0.822. The van der Waals surface area contributed by atoms with Gasteiger partial charge in [-0.25, -0.2) is 4.39 Å². The van der Waals surface area contributed by atoms with Gasteiger partial charge in [-0.15, -0.1) is 0 Å². The molecular weight excluding hydrogens is 315 g/mol. The minimum absolute atomic E-state index is 0.0194. The van der Waals surface area contributed by atoms with Crippen molar-refractivity contribution < 1.29 is 14.0 Å². The number of carbonyl (C=O) groups is 2. The van der Waals surface area contributed by atoms with Crippen LogP contribution in [0.25, 0.3) is 0 Å². The first kappa shape index (κ1) is 14.0. The highest BCUT2D eigenvalue weighted by Gasteiger charge is 2.26. The van der Waals surface area contributed by atoms with E-state index in [0.29, 0.717) is 11.0 Å². The predicted octanol–water partition coefficient (Wildman–Crippen LogP) is 1.83. The summed E-state index contributed by atoms with van der Waals surface area (Å²) < 4.78 is 13.5. The molecule has 1 fully saturated rings. The molecule has 0 aliphatic carbocycles. The van der Waals surface area contributed by atoms with E-state index in [2.05, 4.69) is 21.2 Å². The summed E-state index contributed by atoms with van der Waals surface area (Å²) in [4.78, 5) is 25.0. The second kappa shape index (κ2) is 5.69. The van der Waals surface area contributed by atoms with Crippen molar-refractivity contribution in [3.05, 3.63) is 34.1 Å². The molecule has 19 heavy (non-hydrogen) atoms. The summed E-state index contributed by atoms with van der Waals surface area (Å²) in [6, 6.07) is 4.48. The molecule has 1 saturated heterocycles. The third-order valence-corrected chi connectivity index (χ3v) is 3.71. The van der Waals surface area contributed by atoms with Crippen molar-refractivity contribution in [2.24, 2.45) is 0 Å². The average Bonchev–Trinajstić information content (AvgIpc) is 2.47. The minimum Gasteiger partial charge on any atom is -0.347 e. The molecule has 1 aromatic carbocycles. The Kier molecular flexibility index (Phi) is 4.19. The molecule has 2 rings (SSSR count). The number of rotatable bonds is 2. The molecule has 2 amide bonds. The maximum atomic E-state index is 13.2. The molecule has 1 aliphatic heterocycles. The van der Waals surface area contributed by atoms with Crippen molar-refractivity contribution in [1.82, 2.24) is 10.2 Å². The van der Waals surface area contributed by atoms with Gasteiger partial charge < -0.3 is 10.2 Å². The molecule has 102 valence electrons. The molecule has 0 saturated carbocycles. The van der Waals surface area contributed by atoms with Gasteiger partial charge in [-0.3, -0.25) is 9.59 Å². The molecule has 6 heteroatoms. The number of nitrogens with one attached hydrogen (secondary N) is 1. The van der Waals surface area contributed by atoms with Gasteiger partial charge in [0.15, 0.2) is 0 Å². The first-order valence-corrected chi connectivity index (χ1v) is 6.77. The van der Waals surface area contributed by atoms with Crippen molar-refractivity contribution >= 4 is 27.7 Å². The molecule has 4 nitrogen and oxygen atoms in total. The second-order valence-corrected chi connectivity index (χ2v) is 5.45. The molecular formula is C13H14BrFN2O2. The topological polar surface area (TPSA) is 49.4 Å². The lowest BCUT2D eigenvalue weighted by atomic mass is 10.1. The van der Waals surface area contributed by atoms with E-state index in [1.165, 1.54) is 6.07 Å². The zero-order chi connectivity index (χ0) is 14.0. The number of hydrogen-bond donors (Lipinski definition) is 1. The van der Waals surface area contributed by atoms with E-state index in [1.807, 2.05) is 6.92 Å². The van der Waals surface area contributed by atoms with Crippen LogP contribution < -0.4 is 5.32 Å². The largest absolute Gasteiger partial charge is 0.347 e. The fourth-order valence-electron chi connectivity index (χ4n) is 2.05. The van der Waals surface area contributed by atoms with E-state index in [1.54, 1.807) is 17.0 Å². The van der Waals surface area contributed by atoms with Crippen molar-refractivity contribution in [3.63, 3.8) is 0 Å². The average molecular weight is 329 g/mol. The van der Waals surface area contributed by atoms with E-state index in [0.717, 1.165) is 5.56 Å². The monoisotopic (exact) mass is 328 g/mol. The van der Waals surface area contributed by atoms with Crippen LogP contribution in [-0.2, 0) is 16.1 Å². The number of hydrogen-bond acceptors (Lipinski definition) is 2. The Morgan fingerprint density at radius 3 is 2.89 bits per heavy atom. The lowest BCUT2D eigenvalue weighted by Crippen LogP contribution is -2.39. The fourth-order valence-corrected chi connectivity index (χ4v) is 2.48. The van der Waals surface area contributed by atoms with Crippen LogP contribution in [0.15, 0.2) is 22.7 Å². The lowest BCUT2D eigenvalue weighted by Gasteiger charge is -2.26. The maximum absolute atomic E-state index is 13.2. The van der Waals surface area contributed by atoms with Crippen LogP contribution in [-0.4, -0.2) is 29.3 Å². The summed E-state index contributed by atoms with van der Waals surface area (Å²) in [5.74, 6) is -0.585. The summed E-state index contributed by atoms with van der Waals surface area (Å²) in [6.45, 7) is 2.22. The third kappa shape index (κ3) is 3.32. The van der Waals surface area contributed by atoms with Gasteiger partial charge in [-0.1, -0.05) is 6.07 Å². The van der Waals surface area contributed by atoms with Gasteiger partial charge in [-0.05, 0) is 40.5 Å². The van der Waals surface area contributed by atoms with E-state index < -0.39 is 0 Å². The van der Waals surface area contributed by atoms with Crippen LogP contribution in [0, 0.1) is 5.82 Å². The van der Waals surface area contributed by atoms with Crippen LogP contribution in [0.1, 0.15) is 18.9 Å². The quantitative estimate of drug-likeness (QED) is 0.900. The molecule has 0 bridgehead atoms. The molecule has 0 aromatic heterocycles. The fraction of sp³-hybridized carbons (Fsp3) is 0.385. The highest BCUT2D eigenvalue weighted by molar-refractivity contribution is 9.10. The maximum Gasteiger partial charge on any atom is 0.242 e. The summed E-state index contributed by atoms with van der Waals surface area (Å²) >= 11 is 3.12. The minimum atomic E-state index is -0.337. The number of halogens is 2. The van der Waals surface area contributed by atoms with Gasteiger partial charge in [0, 0.05) is 19.0 Å². The molecule has 1 aliphatic rings. The SMILES string of the molecule is CC1CC(=O)NCC(=O)N1Cc1ccc(F)c(Br)c1. The van der Waals surface area contributed by atoms with Crippen LogP contribution in [0.5, 0.6) is 0 Å². The Labute approximate surface area is 119 Å². The summed E-state index contributed by atoms with van der Waals surface area (Å²) in [6.07, 6.45) is 0.286. The smallest absolute Gasteiger partial charge is 0.242 e. The van der Waals surface area contributed by atoms with Crippen molar-refractivity contribution in [2.75, 3.05) is 6.54 Å². The van der Waals surface area contributed by atoms with Crippen molar-refractivity contribution in [3.8, 4) is 0 Å². The molecule has 0 spiro atoms. The molecule has 1 heterocycles. The Morgan fingerprint density at radius 2 is 2.21 bits per heavy atom. The van der Waals surface area contributed by atoms with E-state index in [4.69, 9.17) is 0 Å². The van der Waals surface area contributed by atoms with E-state index in [-0.39, 0.29) is 36.6 Å². The van der Waals surface area contributed by atoms with Crippen molar-refractivity contribution in [1.29, 1.82) is 0 Å². The zero-order valence-electron chi connectivity index (χ0n) is 10.5. The van der Waals surface area contributed by atoms with Crippen LogP contribution in [0.3, 0.4) is 0 Å².